The lowest BCUT2D eigenvalue weighted by atomic mass is 10.1. The summed E-state index contributed by atoms with van der Waals surface area (Å²) in [5.74, 6) is -5.23. The monoisotopic (exact) mass is 891 g/mol. The van der Waals surface area contributed by atoms with Gasteiger partial charge in [0.1, 0.15) is 6.04 Å². The minimum Gasteiger partial charge on any atom is -0.480 e. The number of nitrogens with one attached hydrogen (secondary N) is 5. The van der Waals surface area contributed by atoms with Gasteiger partial charge in [-0.3, -0.25) is 33.6 Å². The van der Waals surface area contributed by atoms with Crippen LogP contribution in [0.4, 0.5) is 0 Å². The fourth-order valence-corrected chi connectivity index (χ4v) is 6.24. The van der Waals surface area contributed by atoms with Crippen molar-refractivity contribution in [3.8, 4) is 11.4 Å². The van der Waals surface area contributed by atoms with Crippen LogP contribution in [0.5, 0.6) is 0 Å². The zero-order valence-electron chi connectivity index (χ0n) is 34.3. The molecule has 0 aliphatic carbocycles. The molecule has 1 aliphatic rings. The van der Waals surface area contributed by atoms with Crippen LogP contribution in [-0.4, -0.2) is 180 Å². The first-order valence-corrected chi connectivity index (χ1v) is 20.6. The summed E-state index contributed by atoms with van der Waals surface area (Å²) in [6.07, 6.45) is -0.243. The Morgan fingerprint density at radius 3 is 2.00 bits per heavy atom. The van der Waals surface area contributed by atoms with Crippen molar-refractivity contribution in [1.29, 1.82) is 0 Å². The van der Waals surface area contributed by atoms with Crippen LogP contribution in [0.15, 0.2) is 24.3 Å². The third-order valence-corrected chi connectivity index (χ3v) is 9.64. The molecule has 2 atom stereocenters. The quantitative estimate of drug-likeness (QED) is 0.0285. The molecule has 1 aliphatic heterocycles. The maximum absolute atomic E-state index is 12.8. The highest BCUT2D eigenvalue weighted by Crippen LogP contribution is 2.26. The van der Waals surface area contributed by atoms with Gasteiger partial charge < -0.3 is 56.4 Å². The minimum absolute atomic E-state index is 0.136. The second-order valence-corrected chi connectivity index (χ2v) is 14.4. The van der Waals surface area contributed by atoms with Crippen molar-refractivity contribution in [1.82, 2.24) is 51.9 Å². The van der Waals surface area contributed by atoms with Crippen molar-refractivity contribution in [3.63, 3.8) is 0 Å². The van der Waals surface area contributed by atoms with Crippen LogP contribution in [0.25, 0.3) is 11.4 Å². The summed E-state index contributed by atoms with van der Waals surface area (Å²) in [7, 11) is 0. The van der Waals surface area contributed by atoms with Crippen molar-refractivity contribution < 1.29 is 62.4 Å². The van der Waals surface area contributed by atoms with E-state index in [1.54, 1.807) is 6.92 Å². The van der Waals surface area contributed by atoms with E-state index in [1.165, 1.54) is 0 Å². The summed E-state index contributed by atoms with van der Waals surface area (Å²) in [5, 5.41) is 36.8. The summed E-state index contributed by atoms with van der Waals surface area (Å²) in [4.78, 5) is 97.3. The standard InChI is InChI=1S/C37H53N11O13S/c1-24-44-46-35(47-45-24)26-4-2-25(3-5-26)20-40-29(49)7-10-58-12-14-60-16-17-61-15-13-59-11-9-39-8-6-33(53)48-34(54)18-28(36(48)55)62-23-27(37(56)57)43-32(52)22-42-31(51)21-41-30(50)19-38/h2-5,27-28,39H,6-23,38H2,1H3,(H,40,49)(H,41,50)(H,42,51)(H,43,52)(H,56,57). The highest BCUT2D eigenvalue weighted by atomic mass is 32.2. The molecule has 0 radical (unpaired) electrons. The van der Waals surface area contributed by atoms with Gasteiger partial charge in [-0.15, -0.1) is 32.2 Å². The average molecular weight is 892 g/mol. The maximum Gasteiger partial charge on any atom is 0.327 e. The normalized spacial score (nSPS) is 14.0. The first kappa shape index (κ1) is 50.8. The number of amides is 7. The number of carbonyl (C=O) groups excluding carboxylic acids is 7. The van der Waals surface area contributed by atoms with E-state index in [0.29, 0.717) is 75.9 Å². The number of carboxylic acid groups (broad SMARTS) is 1. The molecule has 0 spiro atoms. The Bertz CT molecular complexity index is 1790. The predicted octanol–water partition coefficient (Wildman–Crippen LogP) is -3.56. The number of thioether (sulfide) groups is 1. The number of imide groups is 3. The number of hydrogen-bond donors (Lipinski definition) is 7. The van der Waals surface area contributed by atoms with E-state index in [9.17, 15) is 43.5 Å². The summed E-state index contributed by atoms with van der Waals surface area (Å²) < 4.78 is 21.9. The molecule has 340 valence electrons. The largest absolute Gasteiger partial charge is 0.480 e. The van der Waals surface area contributed by atoms with Crippen LogP contribution >= 0.6 is 11.8 Å². The van der Waals surface area contributed by atoms with Gasteiger partial charge in [-0.2, -0.15) is 0 Å². The zero-order chi connectivity index (χ0) is 45.1. The molecule has 1 aromatic carbocycles. The zero-order valence-corrected chi connectivity index (χ0v) is 35.1. The molecule has 1 saturated heterocycles. The number of carboxylic acids is 1. The second-order valence-electron chi connectivity index (χ2n) is 13.1. The molecular weight excluding hydrogens is 839 g/mol. The number of aliphatic carboxylic acids is 1. The van der Waals surface area contributed by atoms with Crippen LogP contribution in [0.3, 0.4) is 0 Å². The fraction of sp³-hybridized carbons (Fsp3) is 0.568. The number of carbonyl (C=O) groups is 8. The lowest BCUT2D eigenvalue weighted by Gasteiger charge is -2.17. The van der Waals surface area contributed by atoms with Crippen LogP contribution in [-0.2, 0) is 63.8 Å². The van der Waals surface area contributed by atoms with Gasteiger partial charge in [0.2, 0.25) is 47.2 Å². The first-order valence-electron chi connectivity index (χ1n) is 19.6. The first-order chi connectivity index (χ1) is 29.9. The molecule has 1 fully saturated rings. The van der Waals surface area contributed by atoms with Gasteiger partial charge in [-0.25, -0.2) is 9.69 Å². The Morgan fingerprint density at radius 1 is 0.774 bits per heavy atom. The Labute approximate surface area is 360 Å². The van der Waals surface area contributed by atoms with Crippen LogP contribution in [0.1, 0.15) is 30.7 Å². The number of aryl methyl sites for hydroxylation is 1. The highest BCUT2D eigenvalue weighted by Gasteiger charge is 2.42. The molecular formula is C37H53N11O13S. The molecule has 3 rings (SSSR count). The molecule has 1 aromatic heterocycles. The third-order valence-electron chi connectivity index (χ3n) is 8.34. The minimum atomic E-state index is -1.46. The lowest BCUT2D eigenvalue weighted by molar-refractivity contribution is -0.149. The van der Waals surface area contributed by atoms with Gasteiger partial charge in [0.05, 0.1) is 77.7 Å². The van der Waals surface area contributed by atoms with Crippen molar-refractivity contribution in [2.75, 3.05) is 91.3 Å². The van der Waals surface area contributed by atoms with Crippen LogP contribution in [0, 0.1) is 6.92 Å². The third kappa shape index (κ3) is 19.9. The number of nitrogens with two attached hydrogens (primary N) is 1. The topological polar surface area (TPSA) is 335 Å². The lowest BCUT2D eigenvalue weighted by Crippen LogP contribution is -2.48. The Kier molecular flexibility index (Phi) is 23.6. The Hall–Kier alpha value is -5.57. The molecule has 24 nitrogen and oxygen atoms in total. The predicted molar refractivity (Wildman–Crippen MR) is 217 cm³/mol. The van der Waals surface area contributed by atoms with Crippen molar-refractivity contribution in [2.24, 2.45) is 5.73 Å². The molecule has 0 saturated carbocycles. The van der Waals surface area contributed by atoms with Gasteiger partial charge in [0.15, 0.2) is 5.82 Å². The van der Waals surface area contributed by atoms with Gasteiger partial charge in [-0.1, -0.05) is 24.3 Å². The van der Waals surface area contributed by atoms with E-state index in [2.05, 4.69) is 47.0 Å². The molecule has 2 aromatic rings. The Balaban J connectivity index is 1.12. The number of aromatic nitrogens is 4. The molecule has 7 amide bonds. The van der Waals surface area contributed by atoms with Crippen molar-refractivity contribution >= 4 is 59.1 Å². The molecule has 62 heavy (non-hydrogen) atoms. The van der Waals surface area contributed by atoms with Gasteiger partial charge in [0.25, 0.3) is 0 Å². The fourth-order valence-electron chi connectivity index (χ4n) is 5.08. The van der Waals surface area contributed by atoms with Gasteiger partial charge in [-0.05, 0) is 12.5 Å². The summed E-state index contributed by atoms with van der Waals surface area (Å²) in [6, 6.07) is 5.97. The molecule has 0 bridgehead atoms. The summed E-state index contributed by atoms with van der Waals surface area (Å²) in [6.45, 7) is 3.94. The van der Waals surface area contributed by atoms with Crippen molar-refractivity contribution in [2.45, 2.75) is 44.0 Å². The number of rotatable bonds is 31. The van der Waals surface area contributed by atoms with E-state index in [4.69, 9.17) is 24.7 Å². The van der Waals surface area contributed by atoms with E-state index in [1.807, 2.05) is 24.3 Å². The SMILES string of the molecule is Cc1nnc(-c2ccc(CNC(=O)CCOCCOCCOCCOCCNCCC(=O)N3C(=O)CC(SCC(NC(=O)CNC(=O)CNC(=O)CN)C(=O)O)C3=O)cc2)nn1. The van der Waals surface area contributed by atoms with Gasteiger partial charge in [0, 0.05) is 50.2 Å². The van der Waals surface area contributed by atoms with E-state index in [-0.39, 0.29) is 50.6 Å². The smallest absolute Gasteiger partial charge is 0.327 e. The molecule has 2 heterocycles. The van der Waals surface area contributed by atoms with Crippen LogP contribution < -0.4 is 32.3 Å². The number of hydrogen-bond acceptors (Lipinski definition) is 19. The summed E-state index contributed by atoms with van der Waals surface area (Å²) >= 11 is 0.809. The molecule has 8 N–H and O–H groups in total. The average Bonchev–Trinajstić information content (AvgIpc) is 3.55. The van der Waals surface area contributed by atoms with Crippen molar-refractivity contribution in [3.05, 3.63) is 35.7 Å². The molecule has 25 heteroatoms. The van der Waals surface area contributed by atoms with E-state index in [0.717, 1.165) is 22.9 Å². The Morgan fingerprint density at radius 2 is 1.37 bits per heavy atom. The molecule has 2 unspecified atom stereocenters. The van der Waals surface area contributed by atoms with Gasteiger partial charge >= 0.3 is 5.97 Å². The maximum atomic E-state index is 12.8. The number of likely N-dealkylation sites (tertiary alicyclic amines) is 1. The number of ether oxygens (including phenoxy) is 4. The highest BCUT2D eigenvalue weighted by molar-refractivity contribution is 8.00. The van der Waals surface area contributed by atoms with Crippen LogP contribution in [0.2, 0.25) is 0 Å². The summed E-state index contributed by atoms with van der Waals surface area (Å²) in [5.41, 5.74) is 6.82. The number of nitrogens with zero attached hydrogens (tertiary/aromatic N) is 5. The second kappa shape index (κ2) is 28.9. The van der Waals surface area contributed by atoms with E-state index < -0.39 is 65.8 Å². The van der Waals surface area contributed by atoms with E-state index >= 15 is 0 Å². The number of benzene rings is 1.